The molecule has 0 fully saturated rings. The van der Waals surface area contributed by atoms with Crippen LogP contribution in [0.2, 0.25) is 0 Å². The summed E-state index contributed by atoms with van der Waals surface area (Å²) in [5.74, 6) is -0.263. The lowest BCUT2D eigenvalue weighted by atomic mass is 10.2. The van der Waals surface area contributed by atoms with Gasteiger partial charge >= 0.3 is 6.36 Å². The first-order valence-electron chi connectivity index (χ1n) is 3.73. The van der Waals surface area contributed by atoms with Crippen LogP contribution in [0.5, 0.6) is 5.75 Å². The standard InChI is InChI=1S/C8H6Br2F3NO/c9-3-4-6(15-8(11,12)13)2-1-5(14)7(4)10/h1-2H,3,14H2. The summed E-state index contributed by atoms with van der Waals surface area (Å²) in [5.41, 5.74) is 6.21. The van der Waals surface area contributed by atoms with Gasteiger partial charge in [-0.3, -0.25) is 0 Å². The minimum absolute atomic E-state index is 0.212. The molecule has 2 nitrogen and oxygen atoms in total. The van der Waals surface area contributed by atoms with Gasteiger partial charge in [0.05, 0.1) is 0 Å². The topological polar surface area (TPSA) is 35.2 Å². The molecule has 0 spiro atoms. The average Bonchev–Trinajstić information content (AvgIpc) is 2.10. The molecule has 0 aliphatic carbocycles. The van der Waals surface area contributed by atoms with Crippen LogP contribution in [0.1, 0.15) is 5.56 Å². The minimum Gasteiger partial charge on any atom is -0.405 e. The maximum atomic E-state index is 12.0. The molecule has 0 saturated heterocycles. The van der Waals surface area contributed by atoms with Crippen molar-refractivity contribution in [1.29, 1.82) is 0 Å². The van der Waals surface area contributed by atoms with Crippen LogP contribution in [0.15, 0.2) is 16.6 Å². The van der Waals surface area contributed by atoms with Crippen molar-refractivity contribution in [3.05, 3.63) is 22.2 Å². The number of nitrogens with two attached hydrogens (primary N) is 1. The van der Waals surface area contributed by atoms with Gasteiger partial charge in [-0.1, -0.05) is 15.9 Å². The Balaban J connectivity index is 3.14. The number of anilines is 1. The van der Waals surface area contributed by atoms with Gasteiger partial charge in [-0.2, -0.15) is 0 Å². The zero-order chi connectivity index (χ0) is 11.6. The van der Waals surface area contributed by atoms with Crippen molar-refractivity contribution in [2.75, 3.05) is 5.73 Å². The fourth-order valence-corrected chi connectivity index (χ4v) is 2.37. The Morgan fingerprint density at radius 3 is 2.40 bits per heavy atom. The molecule has 0 atom stereocenters. The molecule has 0 saturated carbocycles. The van der Waals surface area contributed by atoms with Crippen molar-refractivity contribution in [2.24, 2.45) is 0 Å². The summed E-state index contributed by atoms with van der Waals surface area (Å²) in [6.45, 7) is 0. The normalized spacial score (nSPS) is 11.5. The summed E-state index contributed by atoms with van der Waals surface area (Å²) >= 11 is 6.16. The molecule has 0 heterocycles. The number of nitrogen functional groups attached to an aromatic ring is 1. The van der Waals surface area contributed by atoms with Gasteiger partial charge in [0, 0.05) is 21.1 Å². The third-order valence-corrected chi connectivity index (χ3v) is 3.09. The zero-order valence-corrected chi connectivity index (χ0v) is 10.4. The number of benzene rings is 1. The van der Waals surface area contributed by atoms with E-state index in [-0.39, 0.29) is 11.1 Å². The quantitative estimate of drug-likeness (QED) is 0.651. The second-order valence-electron chi connectivity index (χ2n) is 2.63. The average molecular weight is 349 g/mol. The van der Waals surface area contributed by atoms with Gasteiger partial charge < -0.3 is 10.5 Å². The van der Waals surface area contributed by atoms with Crippen LogP contribution >= 0.6 is 31.9 Å². The molecule has 15 heavy (non-hydrogen) atoms. The SMILES string of the molecule is Nc1ccc(OC(F)(F)F)c(CBr)c1Br. The fraction of sp³-hybridized carbons (Fsp3) is 0.250. The van der Waals surface area contributed by atoms with Gasteiger partial charge in [0.2, 0.25) is 0 Å². The summed E-state index contributed by atoms with van der Waals surface area (Å²) in [6, 6.07) is 2.53. The van der Waals surface area contributed by atoms with E-state index in [1.807, 2.05) is 0 Å². The number of rotatable bonds is 2. The number of hydrogen-bond donors (Lipinski definition) is 1. The molecule has 0 unspecified atom stereocenters. The number of hydrogen-bond acceptors (Lipinski definition) is 2. The van der Waals surface area contributed by atoms with Crippen LogP contribution in [-0.4, -0.2) is 6.36 Å². The third kappa shape index (κ3) is 3.27. The minimum atomic E-state index is -4.70. The van der Waals surface area contributed by atoms with E-state index in [0.29, 0.717) is 15.7 Å². The smallest absolute Gasteiger partial charge is 0.405 e. The lowest BCUT2D eigenvalue weighted by molar-refractivity contribution is -0.274. The molecular weight excluding hydrogens is 343 g/mol. The van der Waals surface area contributed by atoms with Crippen molar-refractivity contribution >= 4 is 37.5 Å². The van der Waals surface area contributed by atoms with Crippen molar-refractivity contribution in [2.45, 2.75) is 11.7 Å². The first-order chi connectivity index (χ1) is 6.85. The van der Waals surface area contributed by atoms with Gasteiger partial charge in [-0.05, 0) is 28.1 Å². The van der Waals surface area contributed by atoms with E-state index >= 15 is 0 Å². The van der Waals surface area contributed by atoms with Gasteiger partial charge in [0.25, 0.3) is 0 Å². The van der Waals surface area contributed by atoms with Gasteiger partial charge in [0.1, 0.15) is 5.75 Å². The van der Waals surface area contributed by atoms with E-state index in [0.717, 1.165) is 0 Å². The van der Waals surface area contributed by atoms with Crippen LogP contribution in [0, 0.1) is 0 Å². The van der Waals surface area contributed by atoms with Crippen molar-refractivity contribution in [3.63, 3.8) is 0 Å². The summed E-state index contributed by atoms with van der Waals surface area (Å²) in [4.78, 5) is 0. The van der Waals surface area contributed by atoms with Crippen molar-refractivity contribution in [3.8, 4) is 5.75 Å². The first-order valence-corrected chi connectivity index (χ1v) is 5.65. The Labute approximate surface area is 101 Å². The first kappa shape index (κ1) is 12.6. The largest absolute Gasteiger partial charge is 0.573 e. The number of alkyl halides is 4. The summed E-state index contributed by atoms with van der Waals surface area (Å²) < 4.78 is 40.3. The Hall–Kier alpha value is -0.430. The molecule has 0 aliphatic heterocycles. The van der Waals surface area contributed by atoms with Crippen LogP contribution < -0.4 is 10.5 Å². The third-order valence-electron chi connectivity index (χ3n) is 1.59. The Bertz CT molecular complexity index is 368. The highest BCUT2D eigenvalue weighted by Crippen LogP contribution is 2.36. The molecule has 1 aromatic carbocycles. The van der Waals surface area contributed by atoms with Gasteiger partial charge in [-0.15, -0.1) is 13.2 Å². The second kappa shape index (κ2) is 4.61. The highest BCUT2D eigenvalue weighted by atomic mass is 79.9. The molecule has 0 amide bonds. The highest BCUT2D eigenvalue weighted by Gasteiger charge is 2.32. The molecule has 1 aromatic rings. The lowest BCUT2D eigenvalue weighted by Crippen LogP contribution is -2.18. The molecule has 84 valence electrons. The molecule has 1 rings (SSSR count). The lowest BCUT2D eigenvalue weighted by Gasteiger charge is -2.14. The summed E-state index contributed by atoms with van der Waals surface area (Å²) in [7, 11) is 0. The van der Waals surface area contributed by atoms with E-state index in [9.17, 15) is 13.2 Å². The number of ether oxygens (including phenoxy) is 1. The van der Waals surface area contributed by atoms with Crippen LogP contribution in [0.3, 0.4) is 0 Å². The van der Waals surface area contributed by atoms with Crippen molar-refractivity contribution in [1.82, 2.24) is 0 Å². The Kier molecular flexibility index (Phi) is 3.88. The van der Waals surface area contributed by atoms with Crippen LogP contribution in [0.25, 0.3) is 0 Å². The second-order valence-corrected chi connectivity index (χ2v) is 3.98. The number of halogens is 5. The van der Waals surface area contributed by atoms with Gasteiger partial charge in [0.15, 0.2) is 0 Å². The van der Waals surface area contributed by atoms with E-state index in [2.05, 4.69) is 36.6 Å². The maximum absolute atomic E-state index is 12.0. The molecule has 0 radical (unpaired) electrons. The maximum Gasteiger partial charge on any atom is 0.573 e. The van der Waals surface area contributed by atoms with Crippen LogP contribution in [-0.2, 0) is 5.33 Å². The predicted molar refractivity (Wildman–Crippen MR) is 57.9 cm³/mol. The zero-order valence-electron chi connectivity index (χ0n) is 7.24. The molecule has 0 aromatic heterocycles. The van der Waals surface area contributed by atoms with E-state index in [1.165, 1.54) is 12.1 Å². The molecule has 0 bridgehead atoms. The monoisotopic (exact) mass is 347 g/mol. The van der Waals surface area contributed by atoms with E-state index in [4.69, 9.17) is 5.73 Å². The predicted octanol–water partition coefficient (Wildman–Crippen LogP) is 3.82. The van der Waals surface area contributed by atoms with E-state index in [1.54, 1.807) is 0 Å². The van der Waals surface area contributed by atoms with Crippen LogP contribution in [0.4, 0.5) is 18.9 Å². The van der Waals surface area contributed by atoms with E-state index < -0.39 is 6.36 Å². The van der Waals surface area contributed by atoms with Gasteiger partial charge in [-0.25, -0.2) is 0 Å². The molecule has 2 N–H and O–H groups in total. The molecular formula is C8H6Br2F3NO. The molecule has 0 aliphatic rings. The van der Waals surface area contributed by atoms with Crippen molar-refractivity contribution < 1.29 is 17.9 Å². The highest BCUT2D eigenvalue weighted by molar-refractivity contribution is 9.11. The molecule has 7 heteroatoms. The fourth-order valence-electron chi connectivity index (χ4n) is 0.966. The summed E-state index contributed by atoms with van der Waals surface area (Å²) in [5, 5.41) is 0.212. The Morgan fingerprint density at radius 2 is 1.93 bits per heavy atom. The Morgan fingerprint density at radius 1 is 1.33 bits per heavy atom. The summed E-state index contributed by atoms with van der Waals surface area (Å²) in [6.07, 6.45) is -4.70.